The smallest absolute Gasteiger partial charge is 0.410 e. The van der Waals surface area contributed by atoms with Crippen LogP contribution in [-0.4, -0.2) is 16.1 Å². The molecule has 1 aromatic heterocycles. The Balaban J connectivity index is 0.00000131. The van der Waals surface area contributed by atoms with E-state index in [0.717, 1.165) is 27.0 Å². The van der Waals surface area contributed by atoms with Crippen LogP contribution >= 0.6 is 11.8 Å². The van der Waals surface area contributed by atoms with Crippen molar-refractivity contribution in [2.45, 2.75) is 16.5 Å². The monoisotopic (exact) mass is 354 g/mol. The molecule has 0 unspecified atom stereocenters. The molecule has 1 amide bonds. The Morgan fingerprint density at radius 3 is 2.88 bits per heavy atom. The van der Waals surface area contributed by atoms with Gasteiger partial charge in [0.05, 0.1) is 5.69 Å². The number of hydrogen-bond acceptors (Lipinski definition) is 6. The maximum absolute atomic E-state index is 11.9. The summed E-state index contributed by atoms with van der Waals surface area (Å²) in [5.74, 6) is 1.26. The molecule has 0 saturated heterocycles. The third-order valence-electron chi connectivity index (χ3n) is 3.56. The van der Waals surface area contributed by atoms with Crippen molar-refractivity contribution in [2.75, 3.05) is 5.32 Å². The number of anilines is 2. The van der Waals surface area contributed by atoms with Gasteiger partial charge in [0.1, 0.15) is 10.8 Å². The zero-order valence-electron chi connectivity index (χ0n) is 13.1. The van der Waals surface area contributed by atoms with Crippen LogP contribution in [-0.2, 0) is 6.54 Å². The number of nitrogens with one attached hydrogen (secondary N) is 2. The summed E-state index contributed by atoms with van der Waals surface area (Å²) in [7, 11) is 0. The van der Waals surface area contributed by atoms with E-state index in [0.29, 0.717) is 12.3 Å². The zero-order valence-corrected chi connectivity index (χ0v) is 13.9. The largest absolute Gasteiger partial charge is 0.412 e. The highest BCUT2D eigenvalue weighted by atomic mass is 32.2. The van der Waals surface area contributed by atoms with Gasteiger partial charge in [0.15, 0.2) is 5.82 Å². The molecule has 128 valence electrons. The molecule has 2 heterocycles. The van der Waals surface area contributed by atoms with Gasteiger partial charge in [-0.15, -0.1) is 0 Å². The van der Waals surface area contributed by atoms with E-state index in [9.17, 15) is 4.79 Å². The van der Waals surface area contributed by atoms with Crippen LogP contribution in [0.2, 0.25) is 0 Å². The van der Waals surface area contributed by atoms with Crippen molar-refractivity contribution in [3.05, 3.63) is 66.5 Å². The molecule has 4 rings (SSSR count). The van der Waals surface area contributed by atoms with Gasteiger partial charge < -0.3 is 15.4 Å². The standard InChI is InChI=1S/C18H14N4O2S.2H2/c23-18(24-13-4-2-1-3-5-13)21-11-12-6-7-15-14(10-12)22-16-17(25-15)20-9-8-19-16;;/h1-10H,11H2,(H,19,22)(H,21,23);2*1H. The summed E-state index contributed by atoms with van der Waals surface area (Å²) in [5.41, 5.74) is 1.91. The highest BCUT2D eigenvalue weighted by molar-refractivity contribution is 7.99. The van der Waals surface area contributed by atoms with Crippen LogP contribution in [0.5, 0.6) is 5.75 Å². The van der Waals surface area contributed by atoms with Gasteiger partial charge in [-0.05, 0) is 29.8 Å². The summed E-state index contributed by atoms with van der Waals surface area (Å²) in [6.45, 7) is 0.374. The third-order valence-corrected chi connectivity index (χ3v) is 4.63. The van der Waals surface area contributed by atoms with Crippen molar-refractivity contribution in [3.63, 3.8) is 0 Å². The van der Waals surface area contributed by atoms with Gasteiger partial charge in [-0.2, -0.15) is 0 Å². The number of benzene rings is 2. The fraction of sp³-hybridized carbons (Fsp3) is 0.0556. The lowest BCUT2D eigenvalue weighted by Gasteiger charge is -2.19. The third kappa shape index (κ3) is 3.56. The molecule has 0 fully saturated rings. The molecule has 2 aromatic carbocycles. The fourth-order valence-electron chi connectivity index (χ4n) is 2.40. The molecule has 0 spiro atoms. The summed E-state index contributed by atoms with van der Waals surface area (Å²) in [6.07, 6.45) is 2.85. The molecule has 0 saturated carbocycles. The Kier molecular flexibility index (Phi) is 4.22. The van der Waals surface area contributed by atoms with Gasteiger partial charge in [0, 0.05) is 26.7 Å². The van der Waals surface area contributed by atoms with Gasteiger partial charge in [-0.1, -0.05) is 36.0 Å². The molecule has 25 heavy (non-hydrogen) atoms. The summed E-state index contributed by atoms with van der Waals surface area (Å²) in [4.78, 5) is 21.5. The maximum atomic E-state index is 11.9. The Hall–Kier alpha value is -3.06. The number of carbonyl (C=O) groups excluding carboxylic acids is 1. The average Bonchev–Trinajstić information content (AvgIpc) is 2.65. The SMILES string of the molecule is O=C(NCc1ccc2c(c1)Nc1nccnc1S2)Oc1ccccc1.[HH].[HH]. The minimum absolute atomic E-state index is 0. The van der Waals surface area contributed by atoms with Crippen molar-refractivity contribution in [1.82, 2.24) is 15.3 Å². The predicted octanol–water partition coefficient (Wildman–Crippen LogP) is 4.47. The van der Waals surface area contributed by atoms with E-state index in [4.69, 9.17) is 4.74 Å². The first-order valence-electron chi connectivity index (χ1n) is 7.67. The van der Waals surface area contributed by atoms with E-state index in [2.05, 4.69) is 20.6 Å². The molecule has 6 nitrogen and oxygen atoms in total. The van der Waals surface area contributed by atoms with E-state index in [1.54, 1.807) is 36.3 Å². The van der Waals surface area contributed by atoms with Crippen molar-refractivity contribution < 1.29 is 12.4 Å². The summed E-state index contributed by atoms with van der Waals surface area (Å²) >= 11 is 1.57. The molecule has 0 aliphatic carbocycles. The lowest BCUT2D eigenvalue weighted by atomic mass is 10.2. The van der Waals surface area contributed by atoms with Gasteiger partial charge >= 0.3 is 6.09 Å². The maximum Gasteiger partial charge on any atom is 0.412 e. The van der Waals surface area contributed by atoms with E-state index in [1.807, 2.05) is 36.4 Å². The Morgan fingerprint density at radius 1 is 1.16 bits per heavy atom. The first-order chi connectivity index (χ1) is 12.3. The van der Waals surface area contributed by atoms with Crippen LogP contribution in [0.25, 0.3) is 0 Å². The van der Waals surface area contributed by atoms with Gasteiger partial charge in [-0.25, -0.2) is 14.8 Å². The normalized spacial score (nSPS) is 11.7. The molecule has 0 bridgehead atoms. The molecule has 0 atom stereocenters. The number of aromatic nitrogens is 2. The Bertz CT molecular complexity index is 928. The van der Waals surface area contributed by atoms with Gasteiger partial charge in [0.25, 0.3) is 0 Å². The minimum atomic E-state index is -0.484. The first-order valence-corrected chi connectivity index (χ1v) is 8.49. The average molecular weight is 354 g/mol. The van der Waals surface area contributed by atoms with Crippen LogP contribution < -0.4 is 15.4 Å². The number of carbonyl (C=O) groups is 1. The number of para-hydroxylation sites is 1. The Morgan fingerprint density at radius 2 is 2.00 bits per heavy atom. The minimum Gasteiger partial charge on any atom is -0.410 e. The van der Waals surface area contributed by atoms with Crippen LogP contribution in [0.3, 0.4) is 0 Å². The topological polar surface area (TPSA) is 76.1 Å². The van der Waals surface area contributed by atoms with Crippen LogP contribution in [0.4, 0.5) is 16.3 Å². The van der Waals surface area contributed by atoms with E-state index in [1.165, 1.54) is 0 Å². The highest BCUT2D eigenvalue weighted by Gasteiger charge is 2.17. The van der Waals surface area contributed by atoms with Crippen LogP contribution in [0.1, 0.15) is 8.42 Å². The summed E-state index contributed by atoms with van der Waals surface area (Å²) in [5, 5.41) is 6.87. The molecular formula is C18H18N4O2S. The number of rotatable bonds is 3. The molecular weight excluding hydrogens is 336 g/mol. The molecule has 2 N–H and O–H groups in total. The van der Waals surface area contributed by atoms with Crippen molar-refractivity contribution >= 4 is 29.4 Å². The predicted molar refractivity (Wildman–Crippen MR) is 99.4 cm³/mol. The lowest BCUT2D eigenvalue weighted by molar-refractivity contribution is 0.200. The van der Waals surface area contributed by atoms with E-state index < -0.39 is 6.09 Å². The molecule has 1 aliphatic heterocycles. The highest BCUT2D eigenvalue weighted by Crippen LogP contribution is 2.41. The van der Waals surface area contributed by atoms with Crippen LogP contribution in [0.15, 0.2) is 70.8 Å². The molecule has 3 aromatic rings. The molecule has 7 heteroatoms. The second kappa shape index (κ2) is 6.82. The van der Waals surface area contributed by atoms with Crippen molar-refractivity contribution in [1.29, 1.82) is 0 Å². The second-order valence-corrected chi connectivity index (χ2v) is 6.35. The van der Waals surface area contributed by atoms with Gasteiger partial charge in [-0.3, -0.25) is 0 Å². The number of fused-ring (bicyclic) bond motifs is 2. The summed E-state index contributed by atoms with van der Waals surface area (Å²) in [6, 6.07) is 14.9. The van der Waals surface area contributed by atoms with Gasteiger partial charge in [0.2, 0.25) is 0 Å². The zero-order chi connectivity index (χ0) is 17.1. The first kappa shape index (κ1) is 15.5. The fourth-order valence-corrected chi connectivity index (χ4v) is 3.28. The van der Waals surface area contributed by atoms with Crippen LogP contribution in [0, 0.1) is 0 Å². The number of ether oxygens (including phenoxy) is 1. The molecule has 1 aliphatic rings. The summed E-state index contributed by atoms with van der Waals surface area (Å²) < 4.78 is 5.21. The number of nitrogens with zero attached hydrogens (tertiary/aromatic N) is 2. The lowest BCUT2D eigenvalue weighted by Crippen LogP contribution is -2.26. The van der Waals surface area contributed by atoms with E-state index >= 15 is 0 Å². The van der Waals surface area contributed by atoms with Crippen molar-refractivity contribution in [3.8, 4) is 5.75 Å². The Labute approximate surface area is 151 Å². The second-order valence-electron chi connectivity index (χ2n) is 5.32. The number of hydrogen-bond donors (Lipinski definition) is 2. The van der Waals surface area contributed by atoms with E-state index in [-0.39, 0.29) is 2.85 Å². The quantitative estimate of drug-likeness (QED) is 0.565. The molecule has 0 radical (unpaired) electrons. The van der Waals surface area contributed by atoms with Crippen molar-refractivity contribution in [2.24, 2.45) is 0 Å². The number of amides is 1.